The Bertz CT molecular complexity index is 942. The number of Topliss-reactive ketones (excluding diaryl/α,β-unsaturated/α-hetero) is 1. The summed E-state index contributed by atoms with van der Waals surface area (Å²) in [6.07, 6.45) is 1.65. The van der Waals surface area contributed by atoms with E-state index in [4.69, 9.17) is 9.47 Å². The number of ketones is 1. The van der Waals surface area contributed by atoms with E-state index >= 15 is 0 Å². The molecule has 0 aliphatic carbocycles. The van der Waals surface area contributed by atoms with Gasteiger partial charge in [0.25, 0.3) is 0 Å². The van der Waals surface area contributed by atoms with Crippen LogP contribution in [0.25, 0.3) is 0 Å². The van der Waals surface area contributed by atoms with Gasteiger partial charge >= 0.3 is 0 Å². The maximum atomic E-state index is 11.4. The lowest BCUT2D eigenvalue weighted by atomic mass is 10.1. The monoisotopic (exact) mass is 364 g/mol. The van der Waals surface area contributed by atoms with Crippen LogP contribution in [-0.4, -0.2) is 30.0 Å². The van der Waals surface area contributed by atoms with Crippen molar-refractivity contribution in [3.05, 3.63) is 60.3 Å². The Balaban J connectivity index is 1.76. The number of anilines is 4. The minimum atomic E-state index is 0.0310. The van der Waals surface area contributed by atoms with Crippen molar-refractivity contribution >= 4 is 28.9 Å². The Morgan fingerprint density at radius 3 is 2.41 bits per heavy atom. The molecule has 0 unspecified atom stereocenters. The SMILES string of the molecule is COc1ccc(Nc2nccc(Nc3ccc(C(C)=O)cc3)n2)c(OC)c1. The van der Waals surface area contributed by atoms with Crippen molar-refractivity contribution < 1.29 is 14.3 Å². The van der Waals surface area contributed by atoms with Gasteiger partial charge in [0.05, 0.1) is 19.9 Å². The van der Waals surface area contributed by atoms with E-state index < -0.39 is 0 Å². The number of nitrogens with one attached hydrogen (secondary N) is 2. The van der Waals surface area contributed by atoms with Crippen LogP contribution in [0.3, 0.4) is 0 Å². The van der Waals surface area contributed by atoms with Crippen LogP contribution >= 0.6 is 0 Å². The molecule has 0 bridgehead atoms. The van der Waals surface area contributed by atoms with Gasteiger partial charge in [0.1, 0.15) is 17.3 Å². The van der Waals surface area contributed by atoms with E-state index in [9.17, 15) is 4.79 Å². The molecule has 2 aromatic carbocycles. The molecule has 1 aromatic heterocycles. The first-order valence-electron chi connectivity index (χ1n) is 8.29. The third-order valence-electron chi connectivity index (χ3n) is 3.87. The van der Waals surface area contributed by atoms with Gasteiger partial charge in [0, 0.05) is 23.5 Å². The van der Waals surface area contributed by atoms with Gasteiger partial charge in [0.2, 0.25) is 5.95 Å². The molecule has 3 rings (SSSR count). The number of methoxy groups -OCH3 is 2. The Morgan fingerprint density at radius 2 is 1.74 bits per heavy atom. The topological polar surface area (TPSA) is 85.4 Å². The average Bonchev–Trinajstić information content (AvgIpc) is 2.69. The van der Waals surface area contributed by atoms with Gasteiger partial charge in [0.15, 0.2) is 5.78 Å². The summed E-state index contributed by atoms with van der Waals surface area (Å²) in [7, 11) is 3.19. The molecule has 0 spiro atoms. The second-order valence-corrected chi connectivity index (χ2v) is 5.72. The van der Waals surface area contributed by atoms with Gasteiger partial charge < -0.3 is 20.1 Å². The number of hydrogen-bond donors (Lipinski definition) is 2. The van der Waals surface area contributed by atoms with Crippen LogP contribution in [0.4, 0.5) is 23.1 Å². The normalized spacial score (nSPS) is 10.2. The maximum Gasteiger partial charge on any atom is 0.229 e. The maximum absolute atomic E-state index is 11.4. The van der Waals surface area contributed by atoms with Gasteiger partial charge in [-0.3, -0.25) is 4.79 Å². The molecule has 27 heavy (non-hydrogen) atoms. The summed E-state index contributed by atoms with van der Waals surface area (Å²) in [5.74, 6) is 2.39. The molecule has 2 N–H and O–H groups in total. The molecule has 0 amide bonds. The summed E-state index contributed by atoms with van der Waals surface area (Å²) in [6.45, 7) is 1.54. The van der Waals surface area contributed by atoms with Crippen molar-refractivity contribution in [1.29, 1.82) is 0 Å². The van der Waals surface area contributed by atoms with Crippen LogP contribution in [-0.2, 0) is 0 Å². The molecular weight excluding hydrogens is 344 g/mol. The summed E-state index contributed by atoms with van der Waals surface area (Å²) in [4.78, 5) is 20.0. The Labute approximate surface area is 157 Å². The molecule has 0 atom stereocenters. The first-order valence-corrected chi connectivity index (χ1v) is 8.29. The average molecular weight is 364 g/mol. The third kappa shape index (κ3) is 4.52. The molecule has 0 radical (unpaired) electrons. The molecule has 0 aliphatic heterocycles. The predicted octanol–water partition coefficient (Wildman–Crippen LogP) is 4.18. The molecule has 1 heterocycles. The number of rotatable bonds is 7. The number of aromatic nitrogens is 2. The number of carbonyl (C=O) groups excluding carboxylic acids is 1. The van der Waals surface area contributed by atoms with Gasteiger partial charge in [-0.25, -0.2) is 4.98 Å². The van der Waals surface area contributed by atoms with Crippen LogP contribution in [0.1, 0.15) is 17.3 Å². The molecular formula is C20H20N4O3. The highest BCUT2D eigenvalue weighted by molar-refractivity contribution is 5.94. The molecule has 0 saturated heterocycles. The number of carbonyl (C=O) groups is 1. The predicted molar refractivity (Wildman–Crippen MR) is 105 cm³/mol. The first kappa shape index (κ1) is 18.2. The molecule has 0 aliphatic rings. The van der Waals surface area contributed by atoms with Crippen molar-refractivity contribution in [2.24, 2.45) is 0 Å². The fraction of sp³-hybridized carbons (Fsp3) is 0.150. The highest BCUT2D eigenvalue weighted by Crippen LogP contribution is 2.30. The first-order chi connectivity index (χ1) is 13.1. The Kier molecular flexibility index (Phi) is 5.51. The summed E-state index contributed by atoms with van der Waals surface area (Å²) in [5.41, 5.74) is 2.21. The Hall–Kier alpha value is -3.61. The number of nitrogens with zero attached hydrogens (tertiary/aromatic N) is 2. The zero-order valence-electron chi connectivity index (χ0n) is 15.3. The van der Waals surface area contributed by atoms with Crippen molar-refractivity contribution in [1.82, 2.24) is 9.97 Å². The van der Waals surface area contributed by atoms with Crippen LogP contribution in [0, 0.1) is 0 Å². The summed E-state index contributed by atoms with van der Waals surface area (Å²) in [5, 5.41) is 6.33. The van der Waals surface area contributed by atoms with Crippen molar-refractivity contribution in [2.75, 3.05) is 24.9 Å². The van der Waals surface area contributed by atoms with E-state index in [0.717, 1.165) is 11.4 Å². The number of benzene rings is 2. The standard InChI is InChI=1S/C20H20N4O3/c1-13(25)14-4-6-15(7-5-14)22-19-10-11-21-20(24-19)23-17-9-8-16(26-2)12-18(17)27-3/h4-12H,1-3H3,(H2,21,22,23,24). The molecule has 7 nitrogen and oxygen atoms in total. The van der Waals surface area contributed by atoms with Gasteiger partial charge in [-0.15, -0.1) is 0 Å². The molecule has 7 heteroatoms. The van der Waals surface area contributed by atoms with Crippen molar-refractivity contribution in [3.8, 4) is 11.5 Å². The smallest absolute Gasteiger partial charge is 0.229 e. The van der Waals surface area contributed by atoms with Gasteiger partial charge in [-0.1, -0.05) is 0 Å². The quantitative estimate of drug-likeness (QED) is 0.608. The third-order valence-corrected chi connectivity index (χ3v) is 3.87. The second kappa shape index (κ2) is 8.18. The molecule has 0 saturated carbocycles. The fourth-order valence-electron chi connectivity index (χ4n) is 2.45. The largest absolute Gasteiger partial charge is 0.497 e. The van der Waals surface area contributed by atoms with Gasteiger partial charge in [-0.2, -0.15) is 4.98 Å². The molecule has 0 fully saturated rings. The fourth-order valence-corrected chi connectivity index (χ4v) is 2.45. The van der Waals surface area contributed by atoms with Gasteiger partial charge in [-0.05, 0) is 49.4 Å². The summed E-state index contributed by atoms with van der Waals surface area (Å²) < 4.78 is 10.6. The molecule has 3 aromatic rings. The lowest BCUT2D eigenvalue weighted by molar-refractivity contribution is 0.101. The summed E-state index contributed by atoms with van der Waals surface area (Å²) >= 11 is 0. The van der Waals surface area contributed by atoms with E-state index in [-0.39, 0.29) is 5.78 Å². The van der Waals surface area contributed by atoms with Crippen LogP contribution in [0.5, 0.6) is 11.5 Å². The number of ether oxygens (including phenoxy) is 2. The Morgan fingerprint density at radius 1 is 0.963 bits per heavy atom. The minimum Gasteiger partial charge on any atom is -0.497 e. The zero-order chi connectivity index (χ0) is 19.2. The van der Waals surface area contributed by atoms with E-state index in [1.54, 1.807) is 44.7 Å². The van der Waals surface area contributed by atoms with E-state index in [0.29, 0.717) is 28.8 Å². The van der Waals surface area contributed by atoms with Crippen molar-refractivity contribution in [3.63, 3.8) is 0 Å². The van der Waals surface area contributed by atoms with E-state index in [1.165, 1.54) is 6.92 Å². The second-order valence-electron chi connectivity index (χ2n) is 5.72. The lowest BCUT2D eigenvalue weighted by Crippen LogP contribution is -2.02. The zero-order valence-corrected chi connectivity index (χ0v) is 15.3. The van der Waals surface area contributed by atoms with Crippen LogP contribution in [0.2, 0.25) is 0 Å². The van der Waals surface area contributed by atoms with E-state index in [2.05, 4.69) is 20.6 Å². The molecule has 138 valence electrons. The summed E-state index contributed by atoms with van der Waals surface area (Å²) in [6, 6.07) is 14.4. The van der Waals surface area contributed by atoms with Crippen LogP contribution < -0.4 is 20.1 Å². The van der Waals surface area contributed by atoms with Crippen molar-refractivity contribution in [2.45, 2.75) is 6.92 Å². The van der Waals surface area contributed by atoms with Crippen LogP contribution in [0.15, 0.2) is 54.7 Å². The number of hydrogen-bond acceptors (Lipinski definition) is 7. The highest BCUT2D eigenvalue weighted by Gasteiger charge is 2.08. The highest BCUT2D eigenvalue weighted by atomic mass is 16.5. The lowest BCUT2D eigenvalue weighted by Gasteiger charge is -2.12. The van der Waals surface area contributed by atoms with E-state index in [1.807, 2.05) is 24.3 Å². The minimum absolute atomic E-state index is 0.0310.